The molecule has 1 aliphatic rings. The van der Waals surface area contributed by atoms with Gasteiger partial charge in [-0.1, -0.05) is 66.7 Å². The van der Waals surface area contributed by atoms with Crippen LogP contribution in [0.3, 0.4) is 0 Å². The number of nitrogens with zero attached hydrogens (tertiary/aromatic N) is 3. The van der Waals surface area contributed by atoms with Crippen LogP contribution < -0.4 is 4.74 Å². The van der Waals surface area contributed by atoms with E-state index in [1.807, 2.05) is 77.7 Å². The van der Waals surface area contributed by atoms with E-state index in [9.17, 15) is 9.90 Å². The van der Waals surface area contributed by atoms with Crippen LogP contribution in [-0.2, 0) is 16.1 Å². The third-order valence-electron chi connectivity index (χ3n) is 6.22. The van der Waals surface area contributed by atoms with Gasteiger partial charge in [0.25, 0.3) is 0 Å². The Morgan fingerprint density at radius 2 is 1.54 bits per heavy atom. The lowest BCUT2D eigenvalue weighted by Gasteiger charge is -2.37. The number of carbonyl (C=O) groups is 1. The summed E-state index contributed by atoms with van der Waals surface area (Å²) in [6.07, 6.45) is -0.607. The third-order valence-corrected chi connectivity index (χ3v) is 6.22. The molecule has 0 bridgehead atoms. The van der Waals surface area contributed by atoms with Gasteiger partial charge in [-0.05, 0) is 17.2 Å². The highest BCUT2D eigenvalue weighted by molar-refractivity contribution is 5.87. The predicted molar refractivity (Wildman–Crippen MR) is 134 cm³/mol. The molecule has 7 nitrogen and oxygen atoms in total. The number of aliphatic hydroxyl groups is 1. The van der Waals surface area contributed by atoms with Crippen molar-refractivity contribution in [1.29, 1.82) is 0 Å². The molecule has 0 spiro atoms. The van der Waals surface area contributed by atoms with E-state index in [1.165, 1.54) is 0 Å². The number of piperazine rings is 1. The van der Waals surface area contributed by atoms with Crippen molar-refractivity contribution in [3.05, 3.63) is 95.7 Å². The minimum atomic E-state index is -0.607. The molecule has 35 heavy (non-hydrogen) atoms. The van der Waals surface area contributed by atoms with Crippen LogP contribution in [0.4, 0.5) is 0 Å². The molecular formula is C28H33N3O4. The number of ether oxygens (including phenoxy) is 2. The quantitative estimate of drug-likeness (QED) is 0.486. The number of benzene rings is 2. The van der Waals surface area contributed by atoms with E-state index in [1.54, 1.807) is 13.2 Å². The summed E-state index contributed by atoms with van der Waals surface area (Å²) in [6, 6.07) is 25.4. The molecule has 1 aromatic heterocycles. The van der Waals surface area contributed by atoms with Crippen LogP contribution in [0.25, 0.3) is 0 Å². The van der Waals surface area contributed by atoms with E-state index >= 15 is 0 Å². The summed E-state index contributed by atoms with van der Waals surface area (Å²) < 4.78 is 10.8. The summed E-state index contributed by atoms with van der Waals surface area (Å²) in [4.78, 5) is 22.0. The summed E-state index contributed by atoms with van der Waals surface area (Å²) in [5.41, 5.74) is 2.77. The molecule has 1 fully saturated rings. The number of pyridine rings is 1. The molecule has 1 N–H and O–H groups in total. The molecule has 2 heterocycles. The van der Waals surface area contributed by atoms with Gasteiger partial charge >= 0.3 is 0 Å². The van der Waals surface area contributed by atoms with Gasteiger partial charge in [0, 0.05) is 38.8 Å². The fraction of sp³-hybridized carbons (Fsp3) is 0.357. The third kappa shape index (κ3) is 6.88. The lowest BCUT2D eigenvalue weighted by molar-refractivity contribution is -0.133. The van der Waals surface area contributed by atoms with E-state index in [0.717, 1.165) is 29.9 Å². The lowest BCUT2D eigenvalue weighted by Crippen LogP contribution is -2.51. The Bertz CT molecular complexity index is 1020. The number of hydrogen-bond acceptors (Lipinski definition) is 6. The SMILES string of the molecule is COc1cccc(COCC(O)CN2CCN(C(=O)C(c3ccccc3)c3ccccc3)CC2)n1. The van der Waals surface area contributed by atoms with Crippen LogP contribution in [0.2, 0.25) is 0 Å². The van der Waals surface area contributed by atoms with Gasteiger partial charge in [0.2, 0.25) is 11.8 Å². The van der Waals surface area contributed by atoms with Crippen LogP contribution in [0.15, 0.2) is 78.9 Å². The van der Waals surface area contributed by atoms with Crippen molar-refractivity contribution in [1.82, 2.24) is 14.8 Å². The number of rotatable bonds is 10. The highest BCUT2D eigenvalue weighted by Crippen LogP contribution is 2.27. The van der Waals surface area contributed by atoms with Gasteiger partial charge < -0.3 is 19.5 Å². The zero-order valence-corrected chi connectivity index (χ0v) is 20.1. The minimum Gasteiger partial charge on any atom is -0.481 e. The van der Waals surface area contributed by atoms with Crippen LogP contribution in [0, 0.1) is 0 Å². The normalized spacial score (nSPS) is 15.2. The van der Waals surface area contributed by atoms with E-state index in [0.29, 0.717) is 32.1 Å². The smallest absolute Gasteiger partial charge is 0.234 e. The molecule has 184 valence electrons. The molecule has 0 aliphatic carbocycles. The number of aromatic nitrogens is 1. The maximum Gasteiger partial charge on any atom is 0.234 e. The van der Waals surface area contributed by atoms with Crippen molar-refractivity contribution in [2.45, 2.75) is 18.6 Å². The molecular weight excluding hydrogens is 442 g/mol. The van der Waals surface area contributed by atoms with Crippen molar-refractivity contribution in [3.8, 4) is 5.88 Å². The number of hydrogen-bond donors (Lipinski definition) is 1. The summed E-state index contributed by atoms with van der Waals surface area (Å²) in [6.45, 7) is 3.76. The van der Waals surface area contributed by atoms with Crippen molar-refractivity contribution in [2.24, 2.45) is 0 Å². The molecule has 0 saturated carbocycles. The number of aliphatic hydroxyl groups excluding tert-OH is 1. The van der Waals surface area contributed by atoms with Crippen LogP contribution >= 0.6 is 0 Å². The Morgan fingerprint density at radius 3 is 2.14 bits per heavy atom. The first-order chi connectivity index (χ1) is 17.1. The number of amides is 1. The second kappa shape index (κ2) is 12.4. The summed E-state index contributed by atoms with van der Waals surface area (Å²) in [5, 5.41) is 10.4. The maximum atomic E-state index is 13.6. The maximum absolute atomic E-state index is 13.6. The predicted octanol–water partition coefficient (Wildman–Crippen LogP) is 2.94. The molecule has 1 aliphatic heterocycles. The van der Waals surface area contributed by atoms with E-state index < -0.39 is 6.10 Å². The highest BCUT2D eigenvalue weighted by Gasteiger charge is 2.30. The van der Waals surface area contributed by atoms with E-state index in [2.05, 4.69) is 9.88 Å². The highest BCUT2D eigenvalue weighted by atomic mass is 16.5. The molecule has 1 atom stereocenters. The Morgan fingerprint density at radius 1 is 0.914 bits per heavy atom. The first-order valence-corrected chi connectivity index (χ1v) is 12.0. The standard InChI is InChI=1S/C28H33N3O4/c1-34-26-14-8-13-24(29-26)20-35-21-25(32)19-30-15-17-31(18-16-30)28(33)27(22-9-4-2-5-10-22)23-11-6-3-7-12-23/h2-14,25,27,32H,15-21H2,1H3. The van der Waals surface area contributed by atoms with E-state index in [4.69, 9.17) is 9.47 Å². The molecule has 3 aromatic rings. The van der Waals surface area contributed by atoms with Gasteiger partial charge in [-0.15, -0.1) is 0 Å². The molecule has 2 aromatic carbocycles. The number of β-amino-alcohol motifs (C(OH)–C–C–N with tert-alkyl or cyclic N) is 1. The van der Waals surface area contributed by atoms with Crippen LogP contribution in [0.1, 0.15) is 22.7 Å². The number of methoxy groups -OCH3 is 1. The Hall–Kier alpha value is -3.26. The van der Waals surface area contributed by atoms with Gasteiger partial charge in [-0.25, -0.2) is 4.98 Å². The van der Waals surface area contributed by atoms with Crippen molar-refractivity contribution in [3.63, 3.8) is 0 Å². The topological polar surface area (TPSA) is 75.1 Å². The number of carbonyl (C=O) groups excluding carboxylic acids is 1. The molecule has 7 heteroatoms. The summed E-state index contributed by atoms with van der Waals surface area (Å²) in [5.74, 6) is 0.353. The fourth-order valence-corrected chi connectivity index (χ4v) is 4.40. The Labute approximate surface area is 206 Å². The van der Waals surface area contributed by atoms with Gasteiger partial charge in [0.1, 0.15) is 0 Å². The van der Waals surface area contributed by atoms with Gasteiger partial charge in [-0.3, -0.25) is 9.69 Å². The van der Waals surface area contributed by atoms with Gasteiger partial charge in [0.15, 0.2) is 0 Å². The average molecular weight is 476 g/mol. The van der Waals surface area contributed by atoms with Gasteiger partial charge in [0.05, 0.1) is 38.0 Å². The second-order valence-electron chi connectivity index (χ2n) is 8.72. The zero-order valence-electron chi connectivity index (χ0n) is 20.1. The summed E-state index contributed by atoms with van der Waals surface area (Å²) >= 11 is 0. The molecule has 4 rings (SSSR count). The van der Waals surface area contributed by atoms with Crippen LogP contribution in [0.5, 0.6) is 5.88 Å². The minimum absolute atomic E-state index is 0.122. The van der Waals surface area contributed by atoms with Gasteiger partial charge in [-0.2, -0.15) is 0 Å². The van der Waals surface area contributed by atoms with Crippen LogP contribution in [-0.4, -0.2) is 78.3 Å². The second-order valence-corrected chi connectivity index (χ2v) is 8.72. The average Bonchev–Trinajstić information content (AvgIpc) is 2.90. The van der Waals surface area contributed by atoms with Crippen molar-refractivity contribution in [2.75, 3.05) is 46.4 Å². The molecule has 1 saturated heterocycles. The first kappa shape index (κ1) is 24.9. The largest absolute Gasteiger partial charge is 0.481 e. The first-order valence-electron chi connectivity index (χ1n) is 12.0. The molecule has 1 unspecified atom stereocenters. The monoisotopic (exact) mass is 475 g/mol. The summed E-state index contributed by atoms with van der Waals surface area (Å²) in [7, 11) is 1.58. The molecule has 0 radical (unpaired) electrons. The Balaban J connectivity index is 1.27. The van der Waals surface area contributed by atoms with Crippen molar-refractivity contribution >= 4 is 5.91 Å². The van der Waals surface area contributed by atoms with E-state index in [-0.39, 0.29) is 18.4 Å². The zero-order chi connectivity index (χ0) is 24.5. The lowest BCUT2D eigenvalue weighted by atomic mass is 9.90. The molecule has 1 amide bonds. The Kier molecular flexibility index (Phi) is 8.84. The van der Waals surface area contributed by atoms with Crippen molar-refractivity contribution < 1.29 is 19.4 Å². The fourth-order valence-electron chi connectivity index (χ4n) is 4.40.